The zero-order valence-electron chi connectivity index (χ0n) is 14.5. The number of anilines is 4. The quantitative estimate of drug-likeness (QED) is 0.344. The fourth-order valence-electron chi connectivity index (χ4n) is 2.29. The highest BCUT2D eigenvalue weighted by Gasteiger charge is 2.05. The van der Waals surface area contributed by atoms with Crippen molar-refractivity contribution in [3.63, 3.8) is 0 Å². The lowest BCUT2D eigenvalue weighted by atomic mass is 10.2. The van der Waals surface area contributed by atoms with Crippen molar-refractivity contribution in [1.29, 1.82) is 0 Å². The number of esters is 1. The second kappa shape index (κ2) is 8.03. The van der Waals surface area contributed by atoms with Crippen LogP contribution in [0.4, 0.5) is 22.7 Å². The number of para-hydroxylation sites is 1. The molecule has 0 fully saturated rings. The van der Waals surface area contributed by atoms with Crippen molar-refractivity contribution in [2.45, 2.75) is 6.92 Å². The molecule has 4 heteroatoms. The van der Waals surface area contributed by atoms with Crippen molar-refractivity contribution in [3.05, 3.63) is 91.0 Å². The summed E-state index contributed by atoms with van der Waals surface area (Å²) >= 11 is 0. The number of rotatable bonds is 6. The topological polar surface area (TPSA) is 50.4 Å². The summed E-state index contributed by atoms with van der Waals surface area (Å²) in [6, 6.07) is 25.3. The standard InChI is InChI=1S/C22H20N2O2/c1-16(2)22(25)26-21-14-12-20(13-15-21)24-19-10-8-18(9-11-19)23-17-6-4-3-5-7-17/h3-15,23-24H,1H2,2H3. The largest absolute Gasteiger partial charge is 0.423 e. The second-order valence-electron chi connectivity index (χ2n) is 5.89. The lowest BCUT2D eigenvalue weighted by molar-refractivity contribution is -0.130. The van der Waals surface area contributed by atoms with Gasteiger partial charge in [-0.25, -0.2) is 4.79 Å². The molecule has 0 spiro atoms. The van der Waals surface area contributed by atoms with Crippen LogP contribution in [0.15, 0.2) is 91.0 Å². The molecule has 0 bridgehead atoms. The van der Waals surface area contributed by atoms with Crippen LogP contribution in [0.25, 0.3) is 0 Å². The summed E-state index contributed by atoms with van der Waals surface area (Å²) in [5, 5.41) is 6.66. The molecule has 0 aliphatic heterocycles. The van der Waals surface area contributed by atoms with Gasteiger partial charge in [-0.05, 0) is 67.6 Å². The molecule has 0 saturated heterocycles. The SMILES string of the molecule is C=C(C)C(=O)Oc1ccc(Nc2ccc(Nc3ccccc3)cc2)cc1. The predicted octanol–water partition coefficient (Wildman–Crippen LogP) is 5.66. The average Bonchev–Trinajstić information content (AvgIpc) is 2.66. The molecule has 0 radical (unpaired) electrons. The van der Waals surface area contributed by atoms with E-state index in [2.05, 4.69) is 17.2 Å². The molecular weight excluding hydrogens is 324 g/mol. The number of benzene rings is 3. The van der Waals surface area contributed by atoms with Crippen LogP contribution in [0.5, 0.6) is 5.75 Å². The van der Waals surface area contributed by atoms with Crippen molar-refractivity contribution in [1.82, 2.24) is 0 Å². The van der Waals surface area contributed by atoms with Gasteiger partial charge >= 0.3 is 5.97 Å². The lowest BCUT2D eigenvalue weighted by Crippen LogP contribution is -2.07. The predicted molar refractivity (Wildman–Crippen MR) is 106 cm³/mol. The lowest BCUT2D eigenvalue weighted by Gasteiger charge is -2.10. The Morgan fingerprint density at radius 1 is 0.731 bits per heavy atom. The Labute approximate surface area is 153 Å². The van der Waals surface area contributed by atoms with Crippen molar-refractivity contribution < 1.29 is 9.53 Å². The summed E-state index contributed by atoms with van der Waals surface area (Å²) in [5.74, 6) is 0.0678. The van der Waals surface area contributed by atoms with E-state index in [9.17, 15) is 4.79 Å². The van der Waals surface area contributed by atoms with Crippen LogP contribution in [0.2, 0.25) is 0 Å². The van der Waals surface area contributed by atoms with Gasteiger partial charge in [-0.3, -0.25) is 0 Å². The minimum atomic E-state index is -0.424. The molecular formula is C22H20N2O2. The van der Waals surface area contributed by atoms with Gasteiger partial charge in [0.25, 0.3) is 0 Å². The number of carbonyl (C=O) groups is 1. The third kappa shape index (κ3) is 4.74. The molecule has 26 heavy (non-hydrogen) atoms. The minimum absolute atomic E-state index is 0.372. The van der Waals surface area contributed by atoms with E-state index in [0.29, 0.717) is 11.3 Å². The zero-order valence-corrected chi connectivity index (χ0v) is 14.5. The van der Waals surface area contributed by atoms with Gasteiger partial charge in [-0.2, -0.15) is 0 Å². The van der Waals surface area contributed by atoms with E-state index in [0.717, 1.165) is 22.7 Å². The van der Waals surface area contributed by atoms with Crippen LogP contribution in [0.3, 0.4) is 0 Å². The number of hydrogen-bond donors (Lipinski definition) is 2. The Balaban J connectivity index is 1.60. The van der Waals surface area contributed by atoms with Crippen LogP contribution in [0, 0.1) is 0 Å². The maximum atomic E-state index is 11.5. The van der Waals surface area contributed by atoms with E-state index in [4.69, 9.17) is 4.74 Å². The van der Waals surface area contributed by atoms with Crippen LogP contribution < -0.4 is 15.4 Å². The van der Waals surface area contributed by atoms with Gasteiger partial charge in [0.2, 0.25) is 0 Å². The molecule has 0 aliphatic rings. The summed E-state index contributed by atoms with van der Waals surface area (Å²) in [6.45, 7) is 5.19. The van der Waals surface area contributed by atoms with E-state index in [-0.39, 0.29) is 0 Å². The van der Waals surface area contributed by atoms with E-state index in [1.165, 1.54) is 0 Å². The number of ether oxygens (including phenoxy) is 1. The Kier molecular flexibility index (Phi) is 5.34. The molecule has 0 amide bonds. The first-order chi connectivity index (χ1) is 12.6. The summed E-state index contributed by atoms with van der Waals surface area (Å²) in [7, 11) is 0. The summed E-state index contributed by atoms with van der Waals surface area (Å²) in [6.07, 6.45) is 0. The molecule has 4 nitrogen and oxygen atoms in total. The molecule has 3 aromatic rings. The number of carbonyl (C=O) groups excluding carboxylic acids is 1. The Bertz CT molecular complexity index is 886. The van der Waals surface area contributed by atoms with Crippen LogP contribution in [-0.4, -0.2) is 5.97 Å². The van der Waals surface area contributed by atoms with Gasteiger partial charge < -0.3 is 15.4 Å². The van der Waals surface area contributed by atoms with Crippen molar-refractivity contribution in [2.24, 2.45) is 0 Å². The maximum absolute atomic E-state index is 11.5. The van der Waals surface area contributed by atoms with E-state index < -0.39 is 5.97 Å². The van der Waals surface area contributed by atoms with Crippen LogP contribution >= 0.6 is 0 Å². The second-order valence-corrected chi connectivity index (χ2v) is 5.89. The first kappa shape index (κ1) is 17.3. The van der Waals surface area contributed by atoms with Gasteiger partial charge in [0, 0.05) is 28.3 Å². The molecule has 0 atom stereocenters. The highest BCUT2D eigenvalue weighted by Crippen LogP contribution is 2.23. The van der Waals surface area contributed by atoms with Crippen molar-refractivity contribution in [3.8, 4) is 5.75 Å². The fourth-order valence-corrected chi connectivity index (χ4v) is 2.29. The third-order valence-electron chi connectivity index (χ3n) is 3.65. The zero-order chi connectivity index (χ0) is 18.4. The molecule has 3 aromatic carbocycles. The molecule has 0 aliphatic carbocycles. The minimum Gasteiger partial charge on any atom is -0.423 e. The van der Waals surface area contributed by atoms with Gasteiger partial charge in [-0.1, -0.05) is 24.8 Å². The maximum Gasteiger partial charge on any atom is 0.338 e. The Morgan fingerprint density at radius 2 is 1.15 bits per heavy atom. The number of nitrogens with one attached hydrogen (secondary N) is 2. The molecule has 3 rings (SSSR count). The first-order valence-corrected chi connectivity index (χ1v) is 8.27. The van der Waals surface area contributed by atoms with Crippen molar-refractivity contribution in [2.75, 3.05) is 10.6 Å². The Morgan fingerprint density at radius 3 is 1.62 bits per heavy atom. The van der Waals surface area contributed by atoms with Crippen LogP contribution in [-0.2, 0) is 4.79 Å². The van der Waals surface area contributed by atoms with Gasteiger partial charge in [-0.15, -0.1) is 0 Å². The Hall–Kier alpha value is -3.53. The first-order valence-electron chi connectivity index (χ1n) is 8.27. The highest BCUT2D eigenvalue weighted by molar-refractivity contribution is 5.88. The van der Waals surface area contributed by atoms with E-state index >= 15 is 0 Å². The molecule has 0 saturated carbocycles. The summed E-state index contributed by atoms with van der Waals surface area (Å²) in [5.41, 5.74) is 4.31. The van der Waals surface area contributed by atoms with Gasteiger partial charge in [0.15, 0.2) is 0 Å². The molecule has 2 N–H and O–H groups in total. The number of hydrogen-bond acceptors (Lipinski definition) is 4. The summed E-state index contributed by atoms with van der Waals surface area (Å²) in [4.78, 5) is 11.5. The third-order valence-corrected chi connectivity index (χ3v) is 3.65. The fraction of sp³-hybridized carbons (Fsp3) is 0.0455. The van der Waals surface area contributed by atoms with E-state index in [1.807, 2.05) is 66.7 Å². The summed E-state index contributed by atoms with van der Waals surface area (Å²) < 4.78 is 5.18. The smallest absolute Gasteiger partial charge is 0.338 e. The van der Waals surface area contributed by atoms with Gasteiger partial charge in [0.1, 0.15) is 5.75 Å². The normalized spacial score (nSPS) is 10.0. The molecule has 0 aromatic heterocycles. The molecule has 130 valence electrons. The van der Waals surface area contributed by atoms with E-state index in [1.54, 1.807) is 19.1 Å². The van der Waals surface area contributed by atoms with Crippen molar-refractivity contribution >= 4 is 28.7 Å². The highest BCUT2D eigenvalue weighted by atomic mass is 16.5. The molecule has 0 unspecified atom stereocenters. The van der Waals surface area contributed by atoms with Crippen LogP contribution in [0.1, 0.15) is 6.92 Å². The average molecular weight is 344 g/mol. The van der Waals surface area contributed by atoms with Gasteiger partial charge in [0.05, 0.1) is 0 Å². The monoisotopic (exact) mass is 344 g/mol. The molecule has 0 heterocycles.